The third-order valence-corrected chi connectivity index (χ3v) is 8.86. The van der Waals surface area contributed by atoms with Crippen molar-refractivity contribution in [2.75, 3.05) is 31.6 Å². The molecule has 2 heterocycles. The number of carbonyl (C=O) groups excluding carboxylic acids is 2. The number of hydrogen-bond donors (Lipinski definition) is 2. The Labute approximate surface area is 247 Å². The first kappa shape index (κ1) is 27.9. The minimum absolute atomic E-state index is 0.0728. The molecule has 0 aromatic heterocycles. The lowest BCUT2D eigenvalue weighted by atomic mass is 9.69. The molecule has 1 amide bonds. The molecular weight excluding hydrogens is 522 g/mol. The number of ether oxygens (including phenoxy) is 1. The highest BCUT2D eigenvalue weighted by molar-refractivity contribution is 6.12. The summed E-state index contributed by atoms with van der Waals surface area (Å²) in [6, 6.07) is 35.1. The summed E-state index contributed by atoms with van der Waals surface area (Å²) >= 11 is 0. The third kappa shape index (κ3) is 4.91. The first-order valence-corrected chi connectivity index (χ1v) is 14.8. The van der Waals surface area contributed by atoms with Crippen LogP contribution in [0.15, 0.2) is 109 Å². The Bertz CT molecular complexity index is 1540. The number of carbonyl (C=O) groups is 2. The maximum absolute atomic E-state index is 14.7. The first-order valence-electron chi connectivity index (χ1n) is 14.8. The quantitative estimate of drug-likeness (QED) is 0.227. The van der Waals surface area contributed by atoms with Crippen LogP contribution in [0.2, 0.25) is 0 Å². The zero-order valence-electron chi connectivity index (χ0n) is 24.1. The number of fused-ring (bicyclic) bond motifs is 2. The molecule has 2 aliphatic rings. The molecule has 1 spiro atoms. The van der Waals surface area contributed by atoms with Gasteiger partial charge >= 0.3 is 0 Å². The van der Waals surface area contributed by atoms with Gasteiger partial charge in [0.25, 0.3) is 0 Å². The number of ketones is 1. The molecule has 42 heavy (non-hydrogen) atoms. The van der Waals surface area contributed by atoms with Crippen LogP contribution in [0.25, 0.3) is 0 Å². The number of likely N-dealkylation sites (N-methyl/N-ethyl adjacent to an activating group) is 1. The Kier molecular flexibility index (Phi) is 7.92. The van der Waals surface area contributed by atoms with E-state index in [9.17, 15) is 9.59 Å². The summed E-state index contributed by atoms with van der Waals surface area (Å²) in [5.41, 5.74) is 2.93. The van der Waals surface area contributed by atoms with E-state index in [1.54, 1.807) is 0 Å². The Balaban J connectivity index is 1.42. The molecule has 4 aromatic rings. The molecule has 2 N–H and O–H groups in total. The van der Waals surface area contributed by atoms with Crippen LogP contribution in [-0.2, 0) is 10.3 Å². The van der Waals surface area contributed by atoms with E-state index >= 15 is 0 Å². The van der Waals surface area contributed by atoms with Crippen molar-refractivity contribution in [3.8, 4) is 5.75 Å². The van der Waals surface area contributed by atoms with Gasteiger partial charge in [0.05, 0.1) is 5.92 Å². The maximum Gasteiger partial charge on any atom is 0.250 e. The zero-order chi connectivity index (χ0) is 29.1. The number of rotatable bonds is 10. The predicted octanol–water partition coefficient (Wildman–Crippen LogP) is 6.18. The summed E-state index contributed by atoms with van der Waals surface area (Å²) in [5.74, 6) is -0.524. The lowest BCUT2D eigenvalue weighted by Gasteiger charge is -2.31. The minimum Gasteiger partial charge on any atom is -0.492 e. The Hall–Kier alpha value is -4.26. The van der Waals surface area contributed by atoms with Gasteiger partial charge in [-0.05, 0) is 54.5 Å². The molecule has 4 atom stereocenters. The van der Waals surface area contributed by atoms with E-state index in [0.29, 0.717) is 12.2 Å². The van der Waals surface area contributed by atoms with Crippen LogP contribution in [0, 0.1) is 5.92 Å². The fraction of sp³-hybridized carbons (Fsp3) is 0.278. The number of para-hydroxylation sites is 1. The largest absolute Gasteiger partial charge is 0.492 e. The summed E-state index contributed by atoms with van der Waals surface area (Å²) in [6.45, 7) is 7.67. The monoisotopic (exact) mass is 559 g/mol. The molecule has 2 aliphatic heterocycles. The highest BCUT2D eigenvalue weighted by atomic mass is 16.5. The second kappa shape index (κ2) is 11.9. The Morgan fingerprint density at radius 3 is 2.10 bits per heavy atom. The molecule has 0 saturated carbocycles. The molecule has 6 rings (SSSR count). The third-order valence-electron chi connectivity index (χ3n) is 8.86. The van der Waals surface area contributed by atoms with Crippen molar-refractivity contribution in [3.05, 3.63) is 131 Å². The van der Waals surface area contributed by atoms with Gasteiger partial charge in [-0.2, -0.15) is 0 Å². The van der Waals surface area contributed by atoms with Crippen LogP contribution in [0.3, 0.4) is 0 Å². The number of nitrogens with zero attached hydrogens (tertiary/aromatic N) is 1. The highest BCUT2D eigenvalue weighted by Gasteiger charge is 2.64. The first-order chi connectivity index (χ1) is 20.6. The van der Waals surface area contributed by atoms with Crippen LogP contribution < -0.4 is 15.4 Å². The van der Waals surface area contributed by atoms with Gasteiger partial charge in [-0.3, -0.25) is 14.9 Å². The number of hydrogen-bond acceptors (Lipinski definition) is 5. The van der Waals surface area contributed by atoms with E-state index in [1.807, 2.05) is 84.9 Å². The molecule has 1 saturated heterocycles. The minimum atomic E-state index is -1.23. The van der Waals surface area contributed by atoms with Crippen LogP contribution in [-0.4, -0.2) is 42.8 Å². The van der Waals surface area contributed by atoms with Crippen LogP contribution in [0.5, 0.6) is 5.75 Å². The molecule has 6 heteroatoms. The van der Waals surface area contributed by atoms with Crippen molar-refractivity contribution in [1.82, 2.24) is 10.2 Å². The molecular formula is C36H37N3O3. The van der Waals surface area contributed by atoms with Gasteiger partial charge in [-0.25, -0.2) is 0 Å². The number of benzene rings is 4. The van der Waals surface area contributed by atoms with Crippen molar-refractivity contribution in [2.24, 2.45) is 5.92 Å². The lowest BCUT2D eigenvalue weighted by molar-refractivity contribution is -0.122. The molecule has 0 radical (unpaired) electrons. The number of anilines is 1. The van der Waals surface area contributed by atoms with E-state index in [2.05, 4.69) is 53.6 Å². The second-order valence-electron chi connectivity index (χ2n) is 11.0. The summed E-state index contributed by atoms with van der Waals surface area (Å²) in [5, 5.41) is 6.82. The number of Topliss-reactive ketones (excluding diaryl/α,β-unsaturated/α-hetero) is 1. The predicted molar refractivity (Wildman–Crippen MR) is 166 cm³/mol. The summed E-state index contributed by atoms with van der Waals surface area (Å²) in [7, 11) is 0. The van der Waals surface area contributed by atoms with Crippen molar-refractivity contribution in [2.45, 2.75) is 31.3 Å². The normalized spacial score (nSPS) is 22.7. The summed E-state index contributed by atoms with van der Waals surface area (Å²) < 4.78 is 5.99. The van der Waals surface area contributed by atoms with Crippen LogP contribution in [0.1, 0.15) is 52.9 Å². The average Bonchev–Trinajstić information content (AvgIpc) is 3.55. The van der Waals surface area contributed by atoms with Crippen molar-refractivity contribution < 1.29 is 14.3 Å². The van der Waals surface area contributed by atoms with Gasteiger partial charge in [0.15, 0.2) is 5.78 Å². The topological polar surface area (TPSA) is 70.7 Å². The van der Waals surface area contributed by atoms with Gasteiger partial charge in [0, 0.05) is 35.3 Å². The fourth-order valence-electron chi connectivity index (χ4n) is 6.72. The van der Waals surface area contributed by atoms with E-state index in [4.69, 9.17) is 4.74 Å². The van der Waals surface area contributed by atoms with Gasteiger partial charge in [-0.1, -0.05) is 92.7 Å². The standard InChI is InChI=1S/C36H37N3O3/c1-3-39(4-2)23-24-42-28-21-19-27(20-22-28)34(40)32-31(25-13-7-5-8-14-25)33(26-15-9-6-10-16-26)38-36(32)29-17-11-12-18-30(29)37-35(36)41/h5-22,31-33,38H,3-4,23-24H2,1-2H3,(H,37,41)/t31-,32?,33+,36?/m0/s1. The van der Waals surface area contributed by atoms with Crippen LogP contribution in [0.4, 0.5) is 5.69 Å². The summed E-state index contributed by atoms with van der Waals surface area (Å²) in [4.78, 5) is 31.1. The molecule has 214 valence electrons. The molecule has 1 fully saturated rings. The fourth-order valence-corrected chi connectivity index (χ4v) is 6.72. The second-order valence-corrected chi connectivity index (χ2v) is 11.0. The molecule has 4 aromatic carbocycles. The van der Waals surface area contributed by atoms with Gasteiger partial charge in [0.1, 0.15) is 17.9 Å². The van der Waals surface area contributed by atoms with E-state index in [-0.39, 0.29) is 23.7 Å². The van der Waals surface area contributed by atoms with E-state index in [1.165, 1.54) is 0 Å². The average molecular weight is 560 g/mol. The molecule has 6 nitrogen and oxygen atoms in total. The maximum atomic E-state index is 14.7. The Morgan fingerprint density at radius 1 is 0.810 bits per heavy atom. The highest BCUT2D eigenvalue weighted by Crippen LogP contribution is 2.57. The van der Waals surface area contributed by atoms with Crippen LogP contribution >= 0.6 is 0 Å². The van der Waals surface area contributed by atoms with Gasteiger partial charge < -0.3 is 15.0 Å². The molecule has 2 unspecified atom stereocenters. The van der Waals surface area contributed by atoms with E-state index in [0.717, 1.165) is 47.8 Å². The number of nitrogens with one attached hydrogen (secondary N) is 2. The van der Waals surface area contributed by atoms with Crippen molar-refractivity contribution in [3.63, 3.8) is 0 Å². The van der Waals surface area contributed by atoms with E-state index < -0.39 is 11.5 Å². The lowest BCUT2D eigenvalue weighted by Crippen LogP contribution is -2.50. The Morgan fingerprint density at radius 2 is 1.43 bits per heavy atom. The SMILES string of the molecule is CCN(CC)CCOc1ccc(C(=O)C2[C@H](c3ccccc3)[C@@H](c3ccccc3)NC23C(=O)Nc2ccccc23)cc1. The van der Waals surface area contributed by atoms with Crippen molar-refractivity contribution in [1.29, 1.82) is 0 Å². The number of amides is 1. The van der Waals surface area contributed by atoms with Gasteiger partial charge in [0.2, 0.25) is 5.91 Å². The molecule has 0 bridgehead atoms. The van der Waals surface area contributed by atoms with Crippen molar-refractivity contribution >= 4 is 17.4 Å². The van der Waals surface area contributed by atoms with Gasteiger partial charge in [-0.15, -0.1) is 0 Å². The zero-order valence-corrected chi connectivity index (χ0v) is 24.1. The smallest absolute Gasteiger partial charge is 0.250 e. The molecule has 0 aliphatic carbocycles. The summed E-state index contributed by atoms with van der Waals surface area (Å²) in [6.07, 6.45) is 0.